The fourth-order valence-electron chi connectivity index (χ4n) is 6.33. The summed E-state index contributed by atoms with van der Waals surface area (Å²) >= 11 is 2.27. The maximum Gasteiger partial charge on any atom is 0.192 e. The van der Waals surface area contributed by atoms with Gasteiger partial charge in [-0.2, -0.15) is 0 Å². The second-order valence-electron chi connectivity index (χ2n) is 23.8. The van der Waals surface area contributed by atoms with E-state index >= 15 is 4.79 Å². The molecule has 0 amide bonds. The monoisotopic (exact) mass is 971 g/mol. The van der Waals surface area contributed by atoms with Crippen molar-refractivity contribution in [3.8, 4) is 0 Å². The molecule has 11 heteroatoms. The first kappa shape index (κ1) is 56.8. The molecule has 0 aromatic heterocycles. The number of ketones is 1. The number of carbonyl (C=O) groups excluding carboxylic acids is 1. The van der Waals surface area contributed by atoms with Crippen LogP contribution < -0.4 is 0 Å². The molecule has 0 aliphatic rings. The smallest absolute Gasteiger partial charge is 0.192 e. The summed E-state index contributed by atoms with van der Waals surface area (Å²) in [6, 6.07) is 0. The van der Waals surface area contributed by atoms with Gasteiger partial charge in [0.25, 0.3) is 0 Å². The zero-order valence-electron chi connectivity index (χ0n) is 41.7. The van der Waals surface area contributed by atoms with E-state index in [9.17, 15) is 5.11 Å². The topological polar surface area (TPSA) is 74.2 Å². The Kier molecular flexibility index (Phi) is 21.1. The van der Waals surface area contributed by atoms with Gasteiger partial charge in [-0.15, -0.1) is 0 Å². The van der Waals surface area contributed by atoms with Crippen molar-refractivity contribution >= 4 is 61.6 Å². The van der Waals surface area contributed by atoms with Crippen molar-refractivity contribution in [3.05, 3.63) is 10.2 Å². The molecule has 334 valence electrons. The number of aliphatic hydroxyl groups excluding tert-OH is 1. The van der Waals surface area contributed by atoms with Crippen molar-refractivity contribution in [3.63, 3.8) is 0 Å². The summed E-state index contributed by atoms with van der Waals surface area (Å²) in [6.45, 7) is 58.8. The first-order valence-corrected chi connectivity index (χ1v) is 34.6. The Labute approximate surface area is 367 Å². The molecule has 1 N–H and O–H groups in total. The lowest BCUT2D eigenvalue weighted by Crippen LogP contribution is -2.55. The average Bonchev–Trinajstić information content (AvgIpc) is 3.02. The van der Waals surface area contributed by atoms with E-state index in [1.165, 1.54) is 0 Å². The summed E-state index contributed by atoms with van der Waals surface area (Å²) in [5, 5.41) is 12.7. The molecule has 0 fully saturated rings. The third kappa shape index (κ3) is 15.3. The van der Waals surface area contributed by atoms with Gasteiger partial charge in [0.2, 0.25) is 0 Å². The number of aliphatic hydroxyl groups is 1. The molecule has 0 aromatic rings. The molecule has 0 aliphatic carbocycles. The fraction of sp³-hybridized carbons (Fsp3) is 0.933. The number of halogens is 1. The molecule has 0 aromatic carbocycles. The Morgan fingerprint density at radius 1 is 0.554 bits per heavy atom. The summed E-state index contributed by atoms with van der Waals surface area (Å²) in [6.07, 6.45) is 1.32. The number of allylic oxidation sites excluding steroid dienone is 1. The molecule has 0 spiro atoms. The maximum absolute atomic E-state index is 15.0. The van der Waals surface area contributed by atoms with Crippen LogP contribution in [0.5, 0.6) is 0 Å². The summed E-state index contributed by atoms with van der Waals surface area (Å²) in [4.78, 5) is 15.0. The predicted molar refractivity (Wildman–Crippen MR) is 263 cm³/mol. The van der Waals surface area contributed by atoms with Gasteiger partial charge in [0, 0.05) is 36.2 Å². The summed E-state index contributed by atoms with van der Waals surface area (Å²) in [7, 11) is -8.85. The van der Waals surface area contributed by atoms with Gasteiger partial charge >= 0.3 is 0 Å². The van der Waals surface area contributed by atoms with Crippen LogP contribution >= 0.6 is 22.6 Å². The van der Waals surface area contributed by atoms with Crippen LogP contribution in [-0.4, -0.2) is 75.2 Å². The van der Waals surface area contributed by atoms with Crippen molar-refractivity contribution in [1.29, 1.82) is 0 Å². The molecule has 0 rings (SSSR count). The number of hydrogen-bond donors (Lipinski definition) is 1. The van der Waals surface area contributed by atoms with Crippen molar-refractivity contribution in [2.75, 3.05) is 6.61 Å². The zero-order valence-corrected chi connectivity index (χ0v) is 47.9. The summed E-state index contributed by atoms with van der Waals surface area (Å²) in [5.41, 5.74) is 0. The molecule has 0 aliphatic heterocycles. The van der Waals surface area contributed by atoms with E-state index in [-0.39, 0.29) is 67.7 Å². The molecule has 0 heterocycles. The van der Waals surface area contributed by atoms with E-state index in [4.69, 9.17) is 17.7 Å². The Morgan fingerprint density at radius 3 is 1.23 bits per heavy atom. The molecular weight excluding hydrogens is 876 g/mol. The van der Waals surface area contributed by atoms with Gasteiger partial charge in [0.1, 0.15) is 5.78 Å². The van der Waals surface area contributed by atoms with E-state index in [1.54, 1.807) is 0 Å². The molecule has 0 saturated carbocycles. The second kappa shape index (κ2) is 20.8. The summed E-state index contributed by atoms with van der Waals surface area (Å²) < 4.78 is 30.6. The quantitative estimate of drug-likeness (QED) is 0.0912. The third-order valence-electron chi connectivity index (χ3n) is 14.9. The maximum atomic E-state index is 15.0. The van der Waals surface area contributed by atoms with Crippen LogP contribution in [0.3, 0.4) is 0 Å². The van der Waals surface area contributed by atoms with Crippen molar-refractivity contribution in [1.82, 2.24) is 0 Å². The highest BCUT2D eigenvalue weighted by Crippen LogP contribution is 2.45. The van der Waals surface area contributed by atoms with Gasteiger partial charge in [-0.25, -0.2) is 0 Å². The number of Topliss-reactive ketones (excluding diaryl/α,β-unsaturated/α-hetero) is 1. The second-order valence-corrected chi connectivity index (χ2v) is 43.6. The minimum atomic E-state index is -2.39. The molecular formula is C45H95IO6Si4. The lowest BCUT2D eigenvalue weighted by molar-refractivity contribution is -0.136. The lowest BCUT2D eigenvalue weighted by atomic mass is 9.76. The van der Waals surface area contributed by atoms with Crippen LogP contribution in [0.2, 0.25) is 72.5 Å². The van der Waals surface area contributed by atoms with Crippen molar-refractivity contribution < 1.29 is 27.6 Å². The summed E-state index contributed by atoms with van der Waals surface area (Å²) in [5.74, 6) is -0.980. The van der Waals surface area contributed by atoms with Crippen LogP contribution in [0, 0.1) is 35.5 Å². The molecule has 10 atom stereocenters. The highest BCUT2D eigenvalue weighted by Gasteiger charge is 2.50. The van der Waals surface area contributed by atoms with E-state index < -0.39 is 51.4 Å². The van der Waals surface area contributed by atoms with E-state index in [0.717, 1.165) is 6.42 Å². The van der Waals surface area contributed by atoms with Crippen LogP contribution in [0.1, 0.15) is 131 Å². The molecule has 56 heavy (non-hydrogen) atoms. The van der Waals surface area contributed by atoms with E-state index in [1.807, 2.05) is 6.92 Å². The van der Waals surface area contributed by atoms with E-state index in [0.29, 0.717) is 6.61 Å². The standard InChI is InChI=1S/C45H95IO6Si4/c1-31(28-27-29-46)39(50-54(21,22)43(10,11)12)33(3)37(47)35(5)41(52-56(25,26)45(16,17)18)36(6)38(48)34(4)40(51-55(23,24)44(13,14)15)32(2)30-49-53(19,20)42(7,8)9/h27,29,31-36,38-41,48H,28,30H2,1-26H3/b29-27+/t31-,32+,33-,34-,35-,36+,38-,39+,40-,41+/m1/s1. The van der Waals surface area contributed by atoms with Gasteiger partial charge in [-0.05, 0) is 89.0 Å². The Balaban J connectivity index is 7.23. The molecule has 0 bridgehead atoms. The number of rotatable bonds is 21. The normalized spacial score (nSPS) is 20.2. The first-order chi connectivity index (χ1) is 24.6. The predicted octanol–water partition coefficient (Wildman–Crippen LogP) is 14.3. The Bertz CT molecular complexity index is 1240. The highest BCUT2D eigenvalue weighted by atomic mass is 127. The van der Waals surface area contributed by atoms with Crippen LogP contribution in [0.25, 0.3) is 0 Å². The van der Waals surface area contributed by atoms with Crippen LogP contribution in [-0.2, 0) is 22.5 Å². The van der Waals surface area contributed by atoms with Crippen molar-refractivity contribution in [2.24, 2.45) is 35.5 Å². The van der Waals surface area contributed by atoms with Gasteiger partial charge < -0.3 is 22.8 Å². The first-order valence-electron chi connectivity index (χ1n) is 21.8. The molecule has 6 nitrogen and oxygen atoms in total. The SMILES string of the molecule is C[C@H]([C@@H](O)[C@H](C)[C@@H](O[Si](C)(C)C(C)(C)C)[C@H](C)C(=O)[C@@H](C)[C@@H](O[Si](C)(C)C(C)(C)C)[C@H](C)C/C=C/I)[C@H](O[Si](C)(C)C(C)(C)C)[C@@H](C)CO[Si](C)(C)C(C)(C)C. The van der Waals surface area contributed by atoms with Gasteiger partial charge in [-0.3, -0.25) is 4.79 Å². The minimum Gasteiger partial charge on any atom is -0.416 e. The van der Waals surface area contributed by atoms with Gasteiger partial charge in [0.05, 0.1) is 24.4 Å². The minimum absolute atomic E-state index is 0.000735. The van der Waals surface area contributed by atoms with Gasteiger partial charge in [-0.1, -0.05) is 153 Å². The van der Waals surface area contributed by atoms with Crippen LogP contribution in [0.15, 0.2) is 10.2 Å². The van der Waals surface area contributed by atoms with Crippen molar-refractivity contribution in [2.45, 2.75) is 228 Å². The Morgan fingerprint density at radius 2 is 0.875 bits per heavy atom. The lowest BCUT2D eigenvalue weighted by Gasteiger charge is -2.47. The molecule has 0 unspecified atom stereocenters. The number of hydrogen-bond acceptors (Lipinski definition) is 6. The number of carbonyl (C=O) groups is 1. The largest absolute Gasteiger partial charge is 0.416 e. The fourth-order valence-corrected chi connectivity index (χ4v) is 12.1. The molecule has 0 saturated heterocycles. The van der Waals surface area contributed by atoms with Gasteiger partial charge in [0.15, 0.2) is 33.3 Å². The molecule has 0 radical (unpaired) electrons. The highest BCUT2D eigenvalue weighted by molar-refractivity contribution is 14.1. The van der Waals surface area contributed by atoms with E-state index in [2.05, 4.69) is 203 Å². The van der Waals surface area contributed by atoms with Crippen LogP contribution in [0.4, 0.5) is 0 Å². The third-order valence-corrected chi connectivity index (χ3v) is 33.4. The average molecular weight is 971 g/mol. The zero-order chi connectivity index (χ0) is 45.0. The Hall–Kier alpha value is 0.808.